The zero-order valence-corrected chi connectivity index (χ0v) is 15.9. The van der Waals surface area contributed by atoms with Crippen molar-refractivity contribution >= 4 is 17.5 Å². The van der Waals surface area contributed by atoms with Crippen molar-refractivity contribution in [3.63, 3.8) is 0 Å². The van der Waals surface area contributed by atoms with Gasteiger partial charge in [0, 0.05) is 13.1 Å². The number of ether oxygens (including phenoxy) is 1. The summed E-state index contributed by atoms with van der Waals surface area (Å²) < 4.78 is 5.26. The number of benzene rings is 2. The number of rotatable bonds is 4. The Labute approximate surface area is 160 Å². The van der Waals surface area contributed by atoms with E-state index in [0.717, 1.165) is 24.8 Å². The van der Waals surface area contributed by atoms with Gasteiger partial charge in [-0.15, -0.1) is 0 Å². The van der Waals surface area contributed by atoms with Crippen LogP contribution in [0.1, 0.15) is 24.0 Å². The summed E-state index contributed by atoms with van der Waals surface area (Å²) in [5.74, 6) is 0.0110. The SMILES string of the molecule is COc1ccc(C)cc1NC(=O)C(=O)N1CCC(Cc2ccccc2)CC1. The topological polar surface area (TPSA) is 58.6 Å². The predicted molar refractivity (Wildman–Crippen MR) is 106 cm³/mol. The van der Waals surface area contributed by atoms with Crippen LogP contribution in [0.4, 0.5) is 5.69 Å². The lowest BCUT2D eigenvalue weighted by Gasteiger charge is -2.31. The Morgan fingerprint density at radius 3 is 2.48 bits per heavy atom. The van der Waals surface area contributed by atoms with Gasteiger partial charge in [-0.1, -0.05) is 36.4 Å². The highest BCUT2D eigenvalue weighted by atomic mass is 16.5. The van der Waals surface area contributed by atoms with Crippen LogP contribution in [0.3, 0.4) is 0 Å². The zero-order chi connectivity index (χ0) is 19.2. The molecule has 5 heteroatoms. The summed E-state index contributed by atoms with van der Waals surface area (Å²) in [5.41, 5.74) is 2.83. The highest BCUT2D eigenvalue weighted by molar-refractivity contribution is 6.39. The first-order valence-electron chi connectivity index (χ1n) is 9.35. The zero-order valence-electron chi connectivity index (χ0n) is 15.9. The fraction of sp³-hybridized carbons (Fsp3) is 0.364. The van der Waals surface area contributed by atoms with Crippen LogP contribution in [0.5, 0.6) is 5.75 Å². The molecule has 0 aliphatic carbocycles. The summed E-state index contributed by atoms with van der Waals surface area (Å²) in [4.78, 5) is 26.6. The van der Waals surface area contributed by atoms with Crippen LogP contribution in [-0.4, -0.2) is 36.9 Å². The number of likely N-dealkylation sites (tertiary alicyclic amines) is 1. The summed E-state index contributed by atoms with van der Waals surface area (Å²) in [6.45, 7) is 3.16. The monoisotopic (exact) mass is 366 g/mol. The van der Waals surface area contributed by atoms with Crippen LogP contribution in [0.15, 0.2) is 48.5 Å². The van der Waals surface area contributed by atoms with E-state index in [-0.39, 0.29) is 0 Å². The van der Waals surface area contributed by atoms with E-state index in [0.29, 0.717) is 30.4 Å². The van der Waals surface area contributed by atoms with E-state index in [4.69, 9.17) is 4.74 Å². The molecule has 5 nitrogen and oxygen atoms in total. The number of carbonyl (C=O) groups is 2. The second-order valence-electron chi connectivity index (χ2n) is 7.08. The lowest BCUT2D eigenvalue weighted by atomic mass is 9.90. The molecule has 0 saturated carbocycles. The number of amides is 2. The van der Waals surface area contributed by atoms with E-state index in [9.17, 15) is 9.59 Å². The third kappa shape index (κ3) is 4.88. The van der Waals surface area contributed by atoms with Crippen molar-refractivity contribution in [2.75, 3.05) is 25.5 Å². The molecule has 1 aliphatic heterocycles. The number of aryl methyl sites for hydroxylation is 1. The fourth-order valence-corrected chi connectivity index (χ4v) is 3.53. The molecule has 2 amide bonds. The average Bonchev–Trinajstić information content (AvgIpc) is 2.69. The number of nitrogens with zero attached hydrogens (tertiary/aromatic N) is 1. The van der Waals surface area contributed by atoms with E-state index < -0.39 is 11.8 Å². The van der Waals surface area contributed by atoms with Gasteiger partial charge >= 0.3 is 11.8 Å². The maximum atomic E-state index is 12.5. The van der Waals surface area contributed by atoms with Gasteiger partial charge in [0.1, 0.15) is 5.75 Å². The van der Waals surface area contributed by atoms with Gasteiger partial charge in [-0.25, -0.2) is 0 Å². The average molecular weight is 366 g/mol. The molecule has 27 heavy (non-hydrogen) atoms. The van der Waals surface area contributed by atoms with Crippen molar-refractivity contribution in [1.82, 2.24) is 4.90 Å². The summed E-state index contributed by atoms with van der Waals surface area (Å²) in [6.07, 6.45) is 2.86. The summed E-state index contributed by atoms with van der Waals surface area (Å²) in [5, 5.41) is 2.70. The van der Waals surface area contributed by atoms with E-state index in [2.05, 4.69) is 29.6 Å². The Morgan fingerprint density at radius 1 is 1.11 bits per heavy atom. The van der Waals surface area contributed by atoms with E-state index >= 15 is 0 Å². The molecule has 1 heterocycles. The molecule has 1 saturated heterocycles. The van der Waals surface area contributed by atoms with Crippen molar-refractivity contribution in [3.05, 3.63) is 59.7 Å². The maximum absolute atomic E-state index is 12.5. The number of piperidine rings is 1. The lowest BCUT2D eigenvalue weighted by molar-refractivity contribution is -0.144. The number of hydrogen-bond acceptors (Lipinski definition) is 3. The van der Waals surface area contributed by atoms with E-state index in [1.165, 1.54) is 5.56 Å². The van der Waals surface area contributed by atoms with Gasteiger partial charge in [-0.05, 0) is 55.4 Å². The van der Waals surface area contributed by atoms with Crippen molar-refractivity contribution in [1.29, 1.82) is 0 Å². The minimum absolute atomic E-state index is 0.475. The number of hydrogen-bond donors (Lipinski definition) is 1. The fourth-order valence-electron chi connectivity index (χ4n) is 3.53. The molecule has 142 valence electrons. The third-order valence-electron chi connectivity index (χ3n) is 5.07. The van der Waals surface area contributed by atoms with Crippen LogP contribution in [-0.2, 0) is 16.0 Å². The van der Waals surface area contributed by atoms with E-state index in [1.807, 2.05) is 19.1 Å². The second-order valence-corrected chi connectivity index (χ2v) is 7.08. The molecule has 2 aromatic rings. The maximum Gasteiger partial charge on any atom is 0.314 e. The third-order valence-corrected chi connectivity index (χ3v) is 5.07. The van der Waals surface area contributed by atoms with Gasteiger partial charge in [-0.2, -0.15) is 0 Å². The van der Waals surface area contributed by atoms with Crippen LogP contribution in [0.25, 0.3) is 0 Å². The number of methoxy groups -OCH3 is 1. The molecule has 2 aromatic carbocycles. The van der Waals surface area contributed by atoms with Gasteiger partial charge < -0.3 is 15.0 Å². The quantitative estimate of drug-likeness (QED) is 0.844. The summed E-state index contributed by atoms with van der Waals surface area (Å²) in [6, 6.07) is 15.9. The Bertz CT molecular complexity index is 796. The Morgan fingerprint density at radius 2 is 1.81 bits per heavy atom. The summed E-state index contributed by atoms with van der Waals surface area (Å²) in [7, 11) is 1.54. The van der Waals surface area contributed by atoms with Crippen molar-refractivity contribution in [2.24, 2.45) is 5.92 Å². The molecule has 0 radical (unpaired) electrons. The second kappa shape index (κ2) is 8.71. The number of nitrogens with one attached hydrogen (secondary N) is 1. The molecule has 1 fully saturated rings. The van der Waals surface area contributed by atoms with Crippen LogP contribution >= 0.6 is 0 Å². The lowest BCUT2D eigenvalue weighted by Crippen LogP contribution is -2.44. The van der Waals surface area contributed by atoms with Crippen molar-refractivity contribution < 1.29 is 14.3 Å². The first-order chi connectivity index (χ1) is 13.1. The molecule has 1 N–H and O–H groups in total. The molecule has 0 bridgehead atoms. The van der Waals surface area contributed by atoms with Gasteiger partial charge in [0.2, 0.25) is 0 Å². The highest BCUT2D eigenvalue weighted by Gasteiger charge is 2.27. The normalized spacial score (nSPS) is 14.7. The Balaban J connectivity index is 1.54. The first-order valence-corrected chi connectivity index (χ1v) is 9.35. The van der Waals surface area contributed by atoms with Gasteiger partial charge in [0.25, 0.3) is 0 Å². The molecule has 1 aliphatic rings. The molecule has 0 aromatic heterocycles. The number of anilines is 1. The minimum Gasteiger partial charge on any atom is -0.495 e. The standard InChI is InChI=1S/C22H26N2O3/c1-16-8-9-20(27-2)19(14-16)23-21(25)22(26)24-12-10-18(11-13-24)15-17-6-4-3-5-7-17/h3-9,14,18H,10-13,15H2,1-2H3,(H,23,25). The summed E-state index contributed by atoms with van der Waals surface area (Å²) >= 11 is 0. The van der Waals surface area contributed by atoms with Gasteiger partial charge in [0.05, 0.1) is 12.8 Å². The molecule has 0 spiro atoms. The van der Waals surface area contributed by atoms with Crippen molar-refractivity contribution in [3.8, 4) is 5.75 Å². The first kappa shape index (κ1) is 19.0. The van der Waals surface area contributed by atoms with Crippen LogP contribution in [0, 0.1) is 12.8 Å². The molecular formula is C22H26N2O3. The highest BCUT2D eigenvalue weighted by Crippen LogP contribution is 2.26. The largest absolute Gasteiger partial charge is 0.495 e. The molecular weight excluding hydrogens is 340 g/mol. The predicted octanol–water partition coefficient (Wildman–Crippen LogP) is 3.42. The van der Waals surface area contributed by atoms with Gasteiger partial charge in [0.15, 0.2) is 0 Å². The minimum atomic E-state index is -0.611. The van der Waals surface area contributed by atoms with Crippen LogP contribution < -0.4 is 10.1 Å². The van der Waals surface area contributed by atoms with E-state index in [1.54, 1.807) is 24.1 Å². The molecule has 3 rings (SSSR count). The number of carbonyl (C=O) groups excluding carboxylic acids is 2. The Hall–Kier alpha value is -2.82. The van der Waals surface area contributed by atoms with Crippen LogP contribution in [0.2, 0.25) is 0 Å². The smallest absolute Gasteiger partial charge is 0.314 e. The Kier molecular flexibility index (Phi) is 6.12. The van der Waals surface area contributed by atoms with Gasteiger partial charge in [-0.3, -0.25) is 9.59 Å². The molecule has 0 unspecified atom stereocenters. The molecule has 0 atom stereocenters. The van der Waals surface area contributed by atoms with Crippen molar-refractivity contribution in [2.45, 2.75) is 26.2 Å².